The summed E-state index contributed by atoms with van der Waals surface area (Å²) in [5.74, 6) is -1.61. The number of carboxylic acids is 1. The summed E-state index contributed by atoms with van der Waals surface area (Å²) in [6.45, 7) is 0. The fourth-order valence-electron chi connectivity index (χ4n) is 4.37. The molecule has 5 N–H and O–H groups in total. The van der Waals surface area contributed by atoms with Crippen LogP contribution in [-0.4, -0.2) is 46.9 Å². The minimum absolute atomic E-state index is 0.00239. The Hall–Kier alpha value is -2.13. The second kappa shape index (κ2) is 10.2. The number of nitrogens with two attached hydrogens (primary N) is 1. The topological polar surface area (TPSA) is 107 Å². The zero-order valence-electron chi connectivity index (χ0n) is 18.0. The summed E-state index contributed by atoms with van der Waals surface area (Å²) in [5.41, 5.74) is 6.98. The van der Waals surface area contributed by atoms with Crippen molar-refractivity contribution in [2.24, 2.45) is 11.7 Å². The maximum Gasteiger partial charge on any atom is 0.451 e. The van der Waals surface area contributed by atoms with Crippen molar-refractivity contribution in [1.82, 2.24) is 0 Å². The van der Waals surface area contributed by atoms with Crippen LogP contribution < -0.4 is 10.6 Å². The largest absolute Gasteiger partial charge is 0.480 e. The standard InChI is InChI=1S/C23H29BClFN2O4/c1-28(21-9-6-16(12-20(21)26)15-4-7-18(25)8-5-15)19-13-17(14-19)23(27,22(29)30)10-2-3-11-24(31)32/h4-9,12,17,19,31-32H,2-3,10-11,13-14,27H2,1H3,(H,29,30)/t17-,19-,23-/m0/s1. The molecular weight excluding hydrogens is 434 g/mol. The van der Waals surface area contributed by atoms with E-state index in [0.717, 1.165) is 11.1 Å². The Kier molecular flexibility index (Phi) is 7.82. The maximum absolute atomic E-state index is 14.9. The van der Waals surface area contributed by atoms with Crippen LogP contribution >= 0.6 is 11.6 Å². The minimum Gasteiger partial charge on any atom is -0.480 e. The van der Waals surface area contributed by atoms with E-state index >= 15 is 0 Å². The van der Waals surface area contributed by atoms with Gasteiger partial charge in [0.1, 0.15) is 11.4 Å². The molecule has 2 aromatic carbocycles. The molecule has 2 aromatic rings. The first kappa shape index (κ1) is 24.5. The van der Waals surface area contributed by atoms with Gasteiger partial charge in [0.05, 0.1) is 5.69 Å². The highest BCUT2D eigenvalue weighted by Crippen LogP contribution is 2.42. The molecule has 0 amide bonds. The maximum atomic E-state index is 14.9. The van der Waals surface area contributed by atoms with Crippen LogP contribution in [0, 0.1) is 11.7 Å². The van der Waals surface area contributed by atoms with Gasteiger partial charge in [-0.2, -0.15) is 0 Å². The van der Waals surface area contributed by atoms with Crippen molar-refractivity contribution < 1.29 is 24.3 Å². The number of anilines is 1. The summed E-state index contributed by atoms with van der Waals surface area (Å²) in [7, 11) is 0.415. The third-order valence-corrected chi connectivity index (χ3v) is 6.85. The molecule has 9 heteroatoms. The molecule has 32 heavy (non-hydrogen) atoms. The van der Waals surface area contributed by atoms with Gasteiger partial charge in [-0.05, 0) is 66.9 Å². The van der Waals surface area contributed by atoms with Crippen molar-refractivity contribution in [2.45, 2.75) is 50.0 Å². The van der Waals surface area contributed by atoms with Gasteiger partial charge in [-0.25, -0.2) is 4.39 Å². The average Bonchev–Trinajstić information content (AvgIpc) is 2.70. The van der Waals surface area contributed by atoms with Gasteiger partial charge in [-0.15, -0.1) is 0 Å². The van der Waals surface area contributed by atoms with E-state index in [1.165, 1.54) is 6.07 Å². The summed E-state index contributed by atoms with van der Waals surface area (Å²) in [4.78, 5) is 13.7. The van der Waals surface area contributed by atoms with Crippen LogP contribution in [0.3, 0.4) is 0 Å². The summed E-state index contributed by atoms with van der Waals surface area (Å²) >= 11 is 5.92. The van der Waals surface area contributed by atoms with Crippen molar-refractivity contribution in [3.63, 3.8) is 0 Å². The van der Waals surface area contributed by atoms with E-state index in [0.29, 0.717) is 36.4 Å². The molecule has 1 aliphatic carbocycles. The smallest absolute Gasteiger partial charge is 0.451 e. The molecule has 0 unspecified atom stereocenters. The van der Waals surface area contributed by atoms with E-state index in [9.17, 15) is 14.3 Å². The summed E-state index contributed by atoms with van der Waals surface area (Å²) in [6.07, 6.45) is 2.56. The Labute approximate surface area is 193 Å². The number of benzene rings is 2. The summed E-state index contributed by atoms with van der Waals surface area (Å²) in [6, 6.07) is 12.3. The Morgan fingerprint density at radius 3 is 2.38 bits per heavy atom. The van der Waals surface area contributed by atoms with E-state index in [-0.39, 0.29) is 30.5 Å². The van der Waals surface area contributed by atoms with Gasteiger partial charge in [0.15, 0.2) is 0 Å². The zero-order chi connectivity index (χ0) is 23.5. The van der Waals surface area contributed by atoms with Gasteiger partial charge in [0, 0.05) is 18.1 Å². The second-order valence-electron chi connectivity index (χ2n) is 8.68. The monoisotopic (exact) mass is 462 g/mol. The number of halogens is 2. The van der Waals surface area contributed by atoms with Crippen LogP contribution in [0.15, 0.2) is 42.5 Å². The predicted octanol–water partition coefficient (Wildman–Crippen LogP) is 3.79. The number of rotatable bonds is 10. The van der Waals surface area contributed by atoms with Crippen molar-refractivity contribution in [3.8, 4) is 11.1 Å². The van der Waals surface area contributed by atoms with Gasteiger partial charge in [0.25, 0.3) is 0 Å². The molecular formula is C23H29BClFN2O4. The molecule has 0 saturated heterocycles. The van der Waals surface area contributed by atoms with E-state index in [4.69, 9.17) is 27.4 Å². The lowest BCUT2D eigenvalue weighted by molar-refractivity contribution is -0.147. The molecule has 3 rings (SSSR count). The number of nitrogens with zero attached hydrogens (tertiary/aromatic N) is 1. The third-order valence-electron chi connectivity index (χ3n) is 6.60. The van der Waals surface area contributed by atoms with E-state index in [2.05, 4.69) is 0 Å². The number of unbranched alkanes of at least 4 members (excludes halogenated alkanes) is 1. The quantitative estimate of drug-likeness (QED) is 0.316. The van der Waals surface area contributed by atoms with Crippen LogP contribution in [0.2, 0.25) is 11.3 Å². The molecule has 172 valence electrons. The Morgan fingerprint density at radius 2 is 1.81 bits per heavy atom. The van der Waals surface area contributed by atoms with Gasteiger partial charge in [-0.1, -0.05) is 42.6 Å². The van der Waals surface area contributed by atoms with E-state index < -0.39 is 18.6 Å². The highest BCUT2D eigenvalue weighted by Gasteiger charge is 2.49. The predicted molar refractivity (Wildman–Crippen MR) is 125 cm³/mol. The molecule has 1 aliphatic rings. The first-order valence-corrected chi connectivity index (χ1v) is 11.2. The number of carbonyl (C=O) groups is 1. The van der Waals surface area contributed by atoms with Crippen molar-refractivity contribution in [1.29, 1.82) is 0 Å². The first-order valence-electron chi connectivity index (χ1n) is 10.8. The Bertz CT molecular complexity index is 940. The summed E-state index contributed by atoms with van der Waals surface area (Å²) < 4.78 is 14.9. The molecule has 1 saturated carbocycles. The molecule has 0 aromatic heterocycles. The Balaban J connectivity index is 1.62. The molecule has 0 aliphatic heterocycles. The van der Waals surface area contributed by atoms with Crippen LogP contribution in [0.5, 0.6) is 0 Å². The van der Waals surface area contributed by atoms with Gasteiger partial charge in [0.2, 0.25) is 0 Å². The summed E-state index contributed by atoms with van der Waals surface area (Å²) in [5, 5.41) is 28.2. The number of carboxylic acid groups (broad SMARTS) is 1. The number of aliphatic carboxylic acids is 1. The van der Waals surface area contributed by atoms with Crippen LogP contribution in [0.1, 0.15) is 32.1 Å². The second-order valence-corrected chi connectivity index (χ2v) is 9.11. The fraction of sp³-hybridized carbons (Fsp3) is 0.435. The number of hydrogen-bond acceptors (Lipinski definition) is 5. The Morgan fingerprint density at radius 1 is 1.19 bits per heavy atom. The lowest BCUT2D eigenvalue weighted by Gasteiger charge is -2.48. The van der Waals surface area contributed by atoms with Crippen LogP contribution in [0.4, 0.5) is 10.1 Å². The lowest BCUT2D eigenvalue weighted by Crippen LogP contribution is -2.61. The van der Waals surface area contributed by atoms with Crippen molar-refractivity contribution >= 4 is 30.4 Å². The minimum atomic E-state index is -1.39. The zero-order valence-corrected chi connectivity index (χ0v) is 18.8. The van der Waals surface area contributed by atoms with Crippen molar-refractivity contribution in [2.75, 3.05) is 11.9 Å². The molecule has 0 radical (unpaired) electrons. The fourth-order valence-corrected chi connectivity index (χ4v) is 4.49. The van der Waals surface area contributed by atoms with E-state index in [1.54, 1.807) is 18.2 Å². The lowest BCUT2D eigenvalue weighted by atomic mass is 9.65. The highest BCUT2D eigenvalue weighted by atomic mass is 35.5. The molecule has 1 fully saturated rings. The molecule has 6 nitrogen and oxygen atoms in total. The van der Waals surface area contributed by atoms with Crippen LogP contribution in [0.25, 0.3) is 11.1 Å². The third kappa shape index (κ3) is 5.43. The SMILES string of the molecule is CN(c1ccc(-c2ccc(Cl)cc2)cc1F)[C@H]1C[C@H]([C@@](N)(CCCCB(O)O)C(=O)O)C1. The van der Waals surface area contributed by atoms with Gasteiger partial charge < -0.3 is 25.8 Å². The van der Waals surface area contributed by atoms with Crippen molar-refractivity contribution in [3.05, 3.63) is 53.3 Å². The van der Waals surface area contributed by atoms with E-state index in [1.807, 2.05) is 30.1 Å². The van der Waals surface area contributed by atoms with Gasteiger partial charge in [-0.3, -0.25) is 4.79 Å². The van der Waals surface area contributed by atoms with Gasteiger partial charge >= 0.3 is 13.1 Å². The highest BCUT2D eigenvalue weighted by molar-refractivity contribution is 6.40. The number of hydrogen-bond donors (Lipinski definition) is 4. The normalized spacial score (nSPS) is 19.7. The van der Waals surface area contributed by atoms with Crippen LogP contribution in [-0.2, 0) is 4.79 Å². The molecule has 0 bridgehead atoms. The molecule has 0 spiro atoms. The first-order chi connectivity index (χ1) is 15.1. The average molecular weight is 463 g/mol. The molecule has 0 heterocycles. The molecule has 1 atom stereocenters.